The van der Waals surface area contributed by atoms with Gasteiger partial charge in [0, 0.05) is 23.0 Å². The van der Waals surface area contributed by atoms with Crippen LogP contribution in [0.25, 0.3) is 11.4 Å². The number of hydrogen-bond donors (Lipinski definition) is 1. The van der Waals surface area contributed by atoms with Gasteiger partial charge in [0.2, 0.25) is 5.91 Å². The van der Waals surface area contributed by atoms with E-state index in [-0.39, 0.29) is 23.8 Å². The average molecular weight is 365 g/mol. The third-order valence-electron chi connectivity index (χ3n) is 4.42. The van der Waals surface area contributed by atoms with Crippen molar-refractivity contribution in [1.82, 2.24) is 9.55 Å². The summed E-state index contributed by atoms with van der Waals surface area (Å²) < 4.78 is 14.5. The Bertz CT molecular complexity index is 1060. The molecule has 138 valence electrons. The van der Waals surface area contributed by atoms with Crippen LogP contribution < -0.4 is 10.9 Å². The van der Waals surface area contributed by atoms with E-state index in [0.29, 0.717) is 22.8 Å². The maximum absolute atomic E-state index is 13.2. The molecule has 0 aliphatic rings. The van der Waals surface area contributed by atoms with Gasteiger partial charge in [-0.3, -0.25) is 14.2 Å². The maximum atomic E-state index is 13.2. The Kier molecular flexibility index (Phi) is 5.16. The molecule has 1 amide bonds. The van der Waals surface area contributed by atoms with Crippen LogP contribution in [-0.4, -0.2) is 15.5 Å². The number of anilines is 1. The van der Waals surface area contributed by atoms with Gasteiger partial charge in [-0.1, -0.05) is 12.1 Å². The Hall–Kier alpha value is -3.28. The van der Waals surface area contributed by atoms with Gasteiger partial charge in [-0.2, -0.15) is 0 Å². The number of aryl methyl sites for hydroxylation is 2. The quantitative estimate of drug-likeness (QED) is 0.768. The highest BCUT2D eigenvalue weighted by Gasteiger charge is 2.14. The van der Waals surface area contributed by atoms with E-state index in [4.69, 9.17) is 0 Å². The third-order valence-corrected chi connectivity index (χ3v) is 4.42. The Labute approximate surface area is 156 Å². The van der Waals surface area contributed by atoms with E-state index < -0.39 is 0 Å². The van der Waals surface area contributed by atoms with Crippen molar-refractivity contribution in [3.63, 3.8) is 0 Å². The zero-order valence-corrected chi connectivity index (χ0v) is 15.4. The van der Waals surface area contributed by atoms with Gasteiger partial charge in [0.15, 0.2) is 0 Å². The number of rotatable bonds is 4. The van der Waals surface area contributed by atoms with Crippen molar-refractivity contribution in [3.8, 4) is 11.4 Å². The number of carbonyl (C=O) groups excluding carboxylic acids is 1. The molecule has 1 aromatic heterocycles. The lowest BCUT2D eigenvalue weighted by molar-refractivity contribution is -0.116. The Morgan fingerprint density at radius 3 is 2.52 bits per heavy atom. The second-order valence-corrected chi connectivity index (χ2v) is 6.45. The van der Waals surface area contributed by atoms with Gasteiger partial charge < -0.3 is 5.32 Å². The minimum atomic E-state index is -0.382. The molecular formula is C21H20FN3O2. The summed E-state index contributed by atoms with van der Waals surface area (Å²) in [6, 6.07) is 12.7. The first kappa shape index (κ1) is 18.5. The number of hydrogen-bond acceptors (Lipinski definition) is 3. The van der Waals surface area contributed by atoms with Crippen LogP contribution in [0.4, 0.5) is 10.1 Å². The SMILES string of the molecule is Cc1cc(=O)n(CC(=O)Nc2cccc(C)c2C)c(-c2ccc(F)cc2)n1. The van der Waals surface area contributed by atoms with E-state index >= 15 is 0 Å². The Morgan fingerprint density at radius 1 is 1.11 bits per heavy atom. The minimum absolute atomic E-state index is 0.188. The molecule has 0 fully saturated rings. The number of benzene rings is 2. The highest BCUT2D eigenvalue weighted by Crippen LogP contribution is 2.19. The monoisotopic (exact) mass is 365 g/mol. The molecule has 3 rings (SSSR count). The first-order chi connectivity index (χ1) is 12.8. The predicted molar refractivity (Wildman–Crippen MR) is 103 cm³/mol. The van der Waals surface area contributed by atoms with Crippen LogP contribution in [0.3, 0.4) is 0 Å². The van der Waals surface area contributed by atoms with Crippen molar-refractivity contribution in [1.29, 1.82) is 0 Å². The lowest BCUT2D eigenvalue weighted by atomic mass is 10.1. The standard InChI is InChI=1S/C21H20FN3O2/c1-13-5-4-6-18(15(13)3)24-19(26)12-25-20(27)11-14(2)23-21(25)16-7-9-17(22)10-8-16/h4-11H,12H2,1-3H3,(H,24,26). The molecular weight excluding hydrogens is 345 g/mol. The van der Waals surface area contributed by atoms with Gasteiger partial charge in [0.05, 0.1) is 0 Å². The summed E-state index contributed by atoms with van der Waals surface area (Å²) in [4.78, 5) is 29.4. The molecule has 5 nitrogen and oxygen atoms in total. The minimum Gasteiger partial charge on any atom is -0.324 e. The van der Waals surface area contributed by atoms with Crippen molar-refractivity contribution < 1.29 is 9.18 Å². The van der Waals surface area contributed by atoms with Crippen molar-refractivity contribution in [2.24, 2.45) is 0 Å². The van der Waals surface area contributed by atoms with Gasteiger partial charge in [0.25, 0.3) is 5.56 Å². The van der Waals surface area contributed by atoms with Crippen LogP contribution in [-0.2, 0) is 11.3 Å². The average Bonchev–Trinajstić information content (AvgIpc) is 2.62. The lowest BCUT2D eigenvalue weighted by Crippen LogP contribution is -2.29. The third kappa shape index (κ3) is 4.11. The Balaban J connectivity index is 1.94. The number of aromatic nitrogens is 2. The van der Waals surface area contributed by atoms with E-state index in [2.05, 4.69) is 10.3 Å². The number of nitrogens with one attached hydrogen (secondary N) is 1. The van der Waals surface area contributed by atoms with Crippen molar-refractivity contribution in [2.75, 3.05) is 5.32 Å². The molecule has 27 heavy (non-hydrogen) atoms. The highest BCUT2D eigenvalue weighted by atomic mass is 19.1. The molecule has 0 aliphatic carbocycles. The van der Waals surface area contributed by atoms with Crippen LogP contribution in [0.2, 0.25) is 0 Å². The van der Waals surface area contributed by atoms with Gasteiger partial charge in [-0.05, 0) is 62.2 Å². The molecule has 0 bridgehead atoms. The molecule has 0 atom stereocenters. The summed E-state index contributed by atoms with van der Waals surface area (Å²) in [5.41, 5.74) is 3.50. The van der Waals surface area contributed by atoms with Crippen LogP contribution in [0.1, 0.15) is 16.8 Å². The topological polar surface area (TPSA) is 64.0 Å². The second-order valence-electron chi connectivity index (χ2n) is 6.45. The van der Waals surface area contributed by atoms with E-state index in [0.717, 1.165) is 11.1 Å². The summed E-state index contributed by atoms with van der Waals surface area (Å²) in [7, 11) is 0. The number of nitrogens with zero attached hydrogens (tertiary/aromatic N) is 2. The fraction of sp³-hybridized carbons (Fsp3) is 0.190. The molecule has 6 heteroatoms. The summed E-state index contributed by atoms with van der Waals surface area (Å²) in [6.07, 6.45) is 0. The van der Waals surface area contributed by atoms with Gasteiger partial charge in [-0.15, -0.1) is 0 Å². The summed E-state index contributed by atoms with van der Waals surface area (Å²) in [5.74, 6) is -0.385. The first-order valence-electron chi connectivity index (χ1n) is 8.55. The van der Waals surface area contributed by atoms with Gasteiger partial charge >= 0.3 is 0 Å². The van der Waals surface area contributed by atoms with Crippen LogP contribution in [0, 0.1) is 26.6 Å². The Morgan fingerprint density at radius 2 is 1.81 bits per heavy atom. The highest BCUT2D eigenvalue weighted by molar-refractivity contribution is 5.91. The van der Waals surface area contributed by atoms with Crippen LogP contribution in [0.5, 0.6) is 0 Å². The number of amides is 1. The van der Waals surface area contributed by atoms with Gasteiger partial charge in [0.1, 0.15) is 18.2 Å². The molecule has 1 heterocycles. The fourth-order valence-electron chi connectivity index (χ4n) is 2.81. The molecule has 0 aliphatic heterocycles. The van der Waals surface area contributed by atoms with Crippen molar-refractivity contribution in [3.05, 3.63) is 81.5 Å². The van der Waals surface area contributed by atoms with E-state index in [1.165, 1.54) is 34.9 Å². The lowest BCUT2D eigenvalue weighted by Gasteiger charge is -2.14. The van der Waals surface area contributed by atoms with Crippen molar-refractivity contribution in [2.45, 2.75) is 27.3 Å². The first-order valence-corrected chi connectivity index (χ1v) is 8.55. The summed E-state index contributed by atoms with van der Waals surface area (Å²) in [5, 5.41) is 2.84. The molecule has 0 unspecified atom stereocenters. The normalized spacial score (nSPS) is 10.7. The zero-order valence-electron chi connectivity index (χ0n) is 15.4. The molecule has 3 aromatic rings. The zero-order chi connectivity index (χ0) is 19.6. The van der Waals surface area contributed by atoms with E-state index in [1.54, 1.807) is 6.92 Å². The number of halogens is 1. The fourth-order valence-corrected chi connectivity index (χ4v) is 2.81. The maximum Gasteiger partial charge on any atom is 0.254 e. The largest absolute Gasteiger partial charge is 0.324 e. The smallest absolute Gasteiger partial charge is 0.254 e. The van der Waals surface area contributed by atoms with Crippen LogP contribution >= 0.6 is 0 Å². The molecule has 1 N–H and O–H groups in total. The molecule has 0 saturated heterocycles. The molecule has 0 saturated carbocycles. The van der Waals surface area contributed by atoms with Crippen LogP contribution in [0.15, 0.2) is 53.3 Å². The summed E-state index contributed by atoms with van der Waals surface area (Å²) in [6.45, 7) is 5.40. The van der Waals surface area contributed by atoms with E-state index in [9.17, 15) is 14.0 Å². The predicted octanol–water partition coefficient (Wildman–Crippen LogP) is 3.61. The second kappa shape index (κ2) is 7.53. The van der Waals surface area contributed by atoms with Crippen molar-refractivity contribution >= 4 is 11.6 Å². The molecule has 0 radical (unpaired) electrons. The molecule has 2 aromatic carbocycles. The molecule has 0 spiro atoms. The number of carbonyl (C=O) groups is 1. The summed E-state index contributed by atoms with van der Waals surface area (Å²) >= 11 is 0. The van der Waals surface area contributed by atoms with Gasteiger partial charge in [-0.25, -0.2) is 9.37 Å². The van der Waals surface area contributed by atoms with E-state index in [1.807, 2.05) is 32.0 Å².